The third kappa shape index (κ3) is 2.62. The van der Waals surface area contributed by atoms with Crippen LogP contribution in [0.2, 0.25) is 0 Å². The summed E-state index contributed by atoms with van der Waals surface area (Å²) in [6.45, 7) is 1.31. The summed E-state index contributed by atoms with van der Waals surface area (Å²) in [5, 5.41) is 4.03. The Kier molecular flexibility index (Phi) is 3.89. The minimum atomic E-state index is -0.376. The van der Waals surface area contributed by atoms with E-state index < -0.39 is 0 Å². The van der Waals surface area contributed by atoms with Crippen molar-refractivity contribution < 1.29 is 14.1 Å². The maximum absolute atomic E-state index is 12.9. The highest BCUT2D eigenvalue weighted by Crippen LogP contribution is 2.28. The van der Waals surface area contributed by atoms with Gasteiger partial charge in [0.1, 0.15) is 23.4 Å². The lowest BCUT2D eigenvalue weighted by molar-refractivity contribution is -0.0248. The van der Waals surface area contributed by atoms with Crippen LogP contribution in [0.1, 0.15) is 46.5 Å². The van der Waals surface area contributed by atoms with Gasteiger partial charge < -0.3 is 19.9 Å². The smallest absolute Gasteiger partial charge is 0.276 e. The average molecular weight is 329 g/mol. The Morgan fingerprint density at radius 2 is 2.08 bits per heavy atom. The highest BCUT2D eigenvalue weighted by molar-refractivity contribution is 5.94. The summed E-state index contributed by atoms with van der Waals surface area (Å²) >= 11 is 0. The number of nitrogen functional groups attached to an aromatic ring is 1. The summed E-state index contributed by atoms with van der Waals surface area (Å²) in [4.78, 5) is 22.9. The molecular formula is C16H19N5O3. The molecule has 0 radical (unpaired) electrons. The van der Waals surface area contributed by atoms with Crippen molar-refractivity contribution in [2.24, 2.45) is 0 Å². The van der Waals surface area contributed by atoms with Crippen molar-refractivity contribution in [1.82, 2.24) is 20.0 Å². The lowest BCUT2D eigenvalue weighted by Crippen LogP contribution is -2.43. The summed E-state index contributed by atoms with van der Waals surface area (Å²) in [6.07, 6.45) is 6.59. The van der Waals surface area contributed by atoms with Gasteiger partial charge in [-0.15, -0.1) is 0 Å². The van der Waals surface area contributed by atoms with Crippen molar-refractivity contribution in [1.29, 1.82) is 0 Å². The molecule has 0 saturated carbocycles. The van der Waals surface area contributed by atoms with Crippen LogP contribution in [-0.2, 0) is 17.6 Å². The second-order valence-corrected chi connectivity index (χ2v) is 6.08. The van der Waals surface area contributed by atoms with Crippen molar-refractivity contribution in [3.63, 3.8) is 0 Å². The Morgan fingerprint density at radius 3 is 2.96 bits per heavy atom. The molecule has 1 saturated heterocycles. The van der Waals surface area contributed by atoms with Gasteiger partial charge in [0.05, 0.1) is 13.2 Å². The number of hydrogen-bond donors (Lipinski definition) is 1. The maximum atomic E-state index is 12.9. The van der Waals surface area contributed by atoms with Crippen LogP contribution >= 0.6 is 0 Å². The molecule has 126 valence electrons. The van der Waals surface area contributed by atoms with Crippen molar-refractivity contribution in [2.75, 3.05) is 25.4 Å². The van der Waals surface area contributed by atoms with E-state index in [4.69, 9.17) is 15.0 Å². The summed E-state index contributed by atoms with van der Waals surface area (Å²) in [6, 6.07) is 0. The van der Waals surface area contributed by atoms with Gasteiger partial charge in [0.25, 0.3) is 5.91 Å². The molecule has 4 rings (SSSR count). The van der Waals surface area contributed by atoms with Gasteiger partial charge in [-0.1, -0.05) is 5.16 Å². The van der Waals surface area contributed by atoms with Crippen molar-refractivity contribution in [3.8, 4) is 0 Å². The number of ether oxygens (including phenoxy) is 1. The topological polar surface area (TPSA) is 107 Å². The van der Waals surface area contributed by atoms with Crippen molar-refractivity contribution in [2.45, 2.75) is 31.8 Å². The van der Waals surface area contributed by atoms with Crippen LogP contribution in [0.5, 0.6) is 0 Å². The van der Waals surface area contributed by atoms with Gasteiger partial charge in [-0.25, -0.2) is 4.98 Å². The van der Waals surface area contributed by atoms with Gasteiger partial charge in [-0.05, 0) is 19.3 Å². The first-order chi connectivity index (χ1) is 11.7. The number of morpholine rings is 1. The first kappa shape index (κ1) is 15.1. The van der Waals surface area contributed by atoms with E-state index in [0.29, 0.717) is 36.9 Å². The number of carbonyl (C=O) groups excluding carboxylic acids is 1. The molecule has 8 heteroatoms. The molecular weight excluding hydrogens is 310 g/mol. The zero-order chi connectivity index (χ0) is 16.5. The highest BCUT2D eigenvalue weighted by atomic mass is 16.5. The summed E-state index contributed by atoms with van der Waals surface area (Å²) in [5.74, 6) is 1.07. The Hall–Kier alpha value is -2.48. The SMILES string of the molecule is Nc1nccnc1[C@@H]1CN(C(=O)c2noc3c2CCCC3)CCO1. The molecule has 24 heavy (non-hydrogen) atoms. The van der Waals surface area contributed by atoms with E-state index in [1.54, 1.807) is 11.1 Å². The van der Waals surface area contributed by atoms with Gasteiger partial charge in [-0.3, -0.25) is 9.78 Å². The van der Waals surface area contributed by atoms with E-state index >= 15 is 0 Å². The minimum absolute atomic E-state index is 0.113. The van der Waals surface area contributed by atoms with E-state index in [2.05, 4.69) is 15.1 Å². The third-order valence-corrected chi connectivity index (χ3v) is 4.57. The lowest BCUT2D eigenvalue weighted by atomic mass is 9.96. The number of nitrogens with zero attached hydrogens (tertiary/aromatic N) is 4. The van der Waals surface area contributed by atoms with Gasteiger partial charge in [0.15, 0.2) is 5.69 Å². The largest absolute Gasteiger partial charge is 0.382 e. The third-order valence-electron chi connectivity index (χ3n) is 4.57. The molecule has 1 aliphatic carbocycles. The Balaban J connectivity index is 1.55. The van der Waals surface area contributed by atoms with Crippen LogP contribution in [0, 0.1) is 0 Å². The molecule has 8 nitrogen and oxygen atoms in total. The first-order valence-corrected chi connectivity index (χ1v) is 8.18. The number of anilines is 1. The number of nitrogens with two attached hydrogens (primary N) is 1. The Morgan fingerprint density at radius 1 is 1.25 bits per heavy atom. The van der Waals surface area contributed by atoms with Gasteiger partial charge in [0, 0.05) is 30.9 Å². The average Bonchev–Trinajstić information content (AvgIpc) is 3.06. The van der Waals surface area contributed by atoms with Crippen molar-refractivity contribution in [3.05, 3.63) is 35.1 Å². The molecule has 1 aliphatic heterocycles. The summed E-state index contributed by atoms with van der Waals surface area (Å²) < 4.78 is 11.1. The van der Waals surface area contributed by atoms with Crippen LogP contribution in [0.3, 0.4) is 0 Å². The number of aromatic nitrogens is 3. The summed E-state index contributed by atoms with van der Waals surface area (Å²) in [5.41, 5.74) is 7.85. The number of rotatable bonds is 2. The maximum Gasteiger partial charge on any atom is 0.276 e. The Bertz CT molecular complexity index is 760. The lowest BCUT2D eigenvalue weighted by Gasteiger charge is -2.32. The van der Waals surface area contributed by atoms with Crippen LogP contribution in [0.25, 0.3) is 0 Å². The molecule has 2 aromatic heterocycles. The van der Waals surface area contributed by atoms with Crippen molar-refractivity contribution >= 4 is 11.7 Å². The minimum Gasteiger partial charge on any atom is -0.382 e. The molecule has 0 spiro atoms. The van der Waals surface area contributed by atoms with Gasteiger partial charge in [-0.2, -0.15) is 0 Å². The molecule has 3 heterocycles. The predicted molar refractivity (Wildman–Crippen MR) is 84.2 cm³/mol. The second kappa shape index (κ2) is 6.20. The highest BCUT2D eigenvalue weighted by Gasteiger charge is 2.32. The Labute approximate surface area is 139 Å². The van der Waals surface area contributed by atoms with Crippen LogP contribution in [0.4, 0.5) is 5.82 Å². The number of hydrogen-bond acceptors (Lipinski definition) is 7. The molecule has 1 fully saturated rings. The van der Waals surface area contributed by atoms with Crippen LogP contribution in [0.15, 0.2) is 16.9 Å². The molecule has 2 aromatic rings. The van der Waals surface area contributed by atoms with E-state index in [9.17, 15) is 4.79 Å². The van der Waals surface area contributed by atoms with Gasteiger partial charge >= 0.3 is 0 Å². The standard InChI is InChI=1S/C16H19N5O3/c17-15-14(18-5-6-19-15)12-9-21(7-8-23-12)16(22)13-10-3-1-2-4-11(10)24-20-13/h5-6,12H,1-4,7-9H2,(H2,17,19)/t12-/m0/s1. The van der Waals surface area contributed by atoms with Crippen LogP contribution < -0.4 is 5.73 Å². The van der Waals surface area contributed by atoms with E-state index in [1.807, 2.05) is 0 Å². The fourth-order valence-corrected chi connectivity index (χ4v) is 3.31. The molecule has 1 atom stereocenters. The van der Waals surface area contributed by atoms with Crippen LogP contribution in [-0.4, -0.2) is 45.6 Å². The zero-order valence-corrected chi connectivity index (χ0v) is 13.3. The second-order valence-electron chi connectivity index (χ2n) is 6.08. The van der Waals surface area contributed by atoms with E-state index in [0.717, 1.165) is 37.0 Å². The molecule has 1 amide bonds. The molecule has 2 N–H and O–H groups in total. The zero-order valence-electron chi connectivity index (χ0n) is 13.3. The quantitative estimate of drug-likeness (QED) is 0.880. The fraction of sp³-hybridized carbons (Fsp3) is 0.500. The first-order valence-electron chi connectivity index (χ1n) is 8.18. The molecule has 0 bridgehead atoms. The number of amides is 1. The molecule has 0 aromatic carbocycles. The molecule has 0 unspecified atom stereocenters. The van der Waals surface area contributed by atoms with Gasteiger partial charge in [0.2, 0.25) is 0 Å². The fourth-order valence-electron chi connectivity index (χ4n) is 3.31. The number of aryl methyl sites for hydroxylation is 1. The number of fused-ring (bicyclic) bond motifs is 1. The monoisotopic (exact) mass is 329 g/mol. The molecule has 2 aliphatic rings. The number of carbonyl (C=O) groups is 1. The van der Waals surface area contributed by atoms with E-state index in [1.165, 1.54) is 6.20 Å². The summed E-state index contributed by atoms with van der Waals surface area (Å²) in [7, 11) is 0. The predicted octanol–water partition coefficient (Wildman–Crippen LogP) is 1.14. The normalized spacial score (nSPS) is 20.7. The van der Waals surface area contributed by atoms with E-state index in [-0.39, 0.29) is 12.0 Å².